The molecule has 1 aromatic rings. The monoisotopic (exact) mass is 333 g/mol. The molecular weight excluding hydrogens is 314 g/mol. The maximum atomic E-state index is 11.9. The van der Waals surface area contributed by atoms with E-state index in [0.29, 0.717) is 30.9 Å². The molecule has 21 heavy (non-hydrogen) atoms. The number of sulfone groups is 1. The summed E-state index contributed by atoms with van der Waals surface area (Å²) in [5.74, 6) is 0.202. The minimum Gasteiger partial charge on any atom is -0.397 e. The van der Waals surface area contributed by atoms with Gasteiger partial charge in [-0.2, -0.15) is 0 Å². The normalized spacial score (nSPS) is 19.2. The number of rotatable bonds is 3. The van der Waals surface area contributed by atoms with E-state index in [-0.39, 0.29) is 16.4 Å². The molecule has 0 atom stereocenters. The maximum Gasteiger partial charge on any atom is 0.240 e. The number of hydrogen-bond acceptors (Lipinski definition) is 6. The number of anilines is 2. The lowest BCUT2D eigenvalue weighted by Crippen LogP contribution is -2.28. The first-order chi connectivity index (χ1) is 9.75. The van der Waals surface area contributed by atoms with E-state index in [0.717, 1.165) is 0 Å². The average Bonchev–Trinajstić information content (AvgIpc) is 2.60. The third-order valence-corrected chi connectivity index (χ3v) is 6.60. The van der Waals surface area contributed by atoms with Crippen LogP contribution >= 0.6 is 0 Å². The van der Waals surface area contributed by atoms with Crippen molar-refractivity contribution in [1.29, 1.82) is 0 Å². The van der Waals surface area contributed by atoms with Gasteiger partial charge in [0.25, 0.3) is 0 Å². The van der Waals surface area contributed by atoms with Crippen LogP contribution in [0.25, 0.3) is 0 Å². The Morgan fingerprint density at radius 2 is 1.95 bits per heavy atom. The molecule has 1 fully saturated rings. The lowest BCUT2D eigenvalue weighted by Gasteiger charge is -2.24. The topological polar surface area (TPSA) is 110 Å². The molecule has 0 bridgehead atoms. The van der Waals surface area contributed by atoms with Gasteiger partial charge in [-0.1, -0.05) is 0 Å². The second kappa shape index (κ2) is 5.82. The van der Waals surface area contributed by atoms with Crippen LogP contribution in [0.15, 0.2) is 23.1 Å². The highest BCUT2D eigenvalue weighted by Gasteiger charge is 2.22. The van der Waals surface area contributed by atoms with Crippen molar-refractivity contribution in [3.63, 3.8) is 0 Å². The Kier molecular flexibility index (Phi) is 4.45. The summed E-state index contributed by atoms with van der Waals surface area (Å²) in [4.78, 5) is 1.94. The molecule has 1 saturated heterocycles. The molecule has 1 aliphatic rings. The zero-order valence-electron chi connectivity index (χ0n) is 11.7. The molecule has 0 spiro atoms. The van der Waals surface area contributed by atoms with Crippen molar-refractivity contribution in [2.75, 3.05) is 42.3 Å². The summed E-state index contributed by atoms with van der Waals surface area (Å²) >= 11 is 0. The minimum absolute atomic E-state index is 0.0510. The highest BCUT2D eigenvalue weighted by molar-refractivity contribution is 7.91. The molecule has 1 aromatic carbocycles. The van der Waals surface area contributed by atoms with Crippen LogP contribution in [-0.2, 0) is 19.9 Å². The summed E-state index contributed by atoms with van der Waals surface area (Å²) in [7, 11) is -5.25. The molecule has 0 aliphatic carbocycles. The first-order valence-corrected chi connectivity index (χ1v) is 9.84. The van der Waals surface area contributed by atoms with Gasteiger partial charge in [0, 0.05) is 13.1 Å². The average molecular weight is 333 g/mol. The molecule has 118 valence electrons. The van der Waals surface area contributed by atoms with E-state index in [2.05, 4.69) is 4.72 Å². The fourth-order valence-electron chi connectivity index (χ4n) is 2.26. The number of nitrogens with one attached hydrogen (secondary N) is 1. The van der Waals surface area contributed by atoms with Crippen molar-refractivity contribution in [3.8, 4) is 0 Å². The third-order valence-electron chi connectivity index (χ3n) is 3.48. The molecule has 0 radical (unpaired) electrons. The summed E-state index contributed by atoms with van der Waals surface area (Å²) in [6, 6.07) is 4.44. The van der Waals surface area contributed by atoms with Gasteiger partial charge in [-0.05, 0) is 31.7 Å². The van der Waals surface area contributed by atoms with E-state index in [9.17, 15) is 16.8 Å². The zero-order valence-corrected chi connectivity index (χ0v) is 13.4. The highest BCUT2D eigenvalue weighted by atomic mass is 32.2. The fraction of sp³-hybridized carbons (Fsp3) is 0.500. The minimum atomic E-state index is -3.56. The largest absolute Gasteiger partial charge is 0.397 e. The van der Waals surface area contributed by atoms with Crippen molar-refractivity contribution in [1.82, 2.24) is 4.72 Å². The first kappa shape index (κ1) is 16.1. The van der Waals surface area contributed by atoms with Crippen LogP contribution in [-0.4, -0.2) is 48.5 Å². The standard InChI is InChI=1S/C12H19N3O4S2/c1-14-21(18,19)10-3-4-11(13)12(9-10)15-5-2-7-20(16,17)8-6-15/h3-4,9,14H,2,5-8,13H2,1H3. The Morgan fingerprint density at radius 3 is 2.62 bits per heavy atom. The van der Waals surface area contributed by atoms with Crippen molar-refractivity contribution in [2.45, 2.75) is 11.3 Å². The summed E-state index contributed by atoms with van der Waals surface area (Å²) in [5, 5.41) is 0. The number of nitrogens with zero attached hydrogens (tertiary/aromatic N) is 1. The Bertz CT molecular complexity index is 729. The predicted octanol–water partition coefficient (Wildman–Crippen LogP) is -0.198. The quantitative estimate of drug-likeness (QED) is 0.742. The predicted molar refractivity (Wildman–Crippen MR) is 82.6 cm³/mol. The molecule has 0 unspecified atom stereocenters. The van der Waals surface area contributed by atoms with Crippen molar-refractivity contribution in [3.05, 3.63) is 18.2 Å². The Morgan fingerprint density at radius 1 is 1.24 bits per heavy atom. The Hall–Kier alpha value is -1.32. The number of benzene rings is 1. The molecule has 1 aliphatic heterocycles. The van der Waals surface area contributed by atoms with Crippen LogP contribution in [0.5, 0.6) is 0 Å². The van der Waals surface area contributed by atoms with Gasteiger partial charge in [-0.3, -0.25) is 0 Å². The van der Waals surface area contributed by atoms with Crippen molar-refractivity contribution >= 4 is 31.2 Å². The number of hydrogen-bond donors (Lipinski definition) is 2. The zero-order chi connectivity index (χ0) is 15.7. The summed E-state index contributed by atoms with van der Waals surface area (Å²) < 4.78 is 49.2. The third kappa shape index (κ3) is 3.66. The van der Waals surface area contributed by atoms with E-state index in [1.807, 2.05) is 4.90 Å². The van der Waals surface area contributed by atoms with E-state index in [1.165, 1.54) is 25.2 Å². The van der Waals surface area contributed by atoms with Gasteiger partial charge in [0.05, 0.1) is 27.8 Å². The molecule has 2 rings (SSSR count). The molecule has 7 nitrogen and oxygen atoms in total. The van der Waals surface area contributed by atoms with Gasteiger partial charge in [0.1, 0.15) is 0 Å². The lowest BCUT2D eigenvalue weighted by atomic mass is 10.2. The highest BCUT2D eigenvalue weighted by Crippen LogP contribution is 2.27. The molecular formula is C12H19N3O4S2. The van der Waals surface area contributed by atoms with Crippen molar-refractivity contribution in [2.24, 2.45) is 0 Å². The Labute approximate surface area is 125 Å². The second-order valence-electron chi connectivity index (χ2n) is 4.92. The fourth-order valence-corrected chi connectivity index (χ4v) is 4.28. The lowest BCUT2D eigenvalue weighted by molar-refractivity contribution is 0.588. The van der Waals surface area contributed by atoms with E-state index in [1.54, 1.807) is 0 Å². The SMILES string of the molecule is CNS(=O)(=O)c1ccc(N)c(N2CCCS(=O)(=O)CC2)c1. The van der Waals surface area contributed by atoms with E-state index >= 15 is 0 Å². The van der Waals surface area contributed by atoms with Gasteiger partial charge in [-0.15, -0.1) is 0 Å². The van der Waals surface area contributed by atoms with Gasteiger partial charge in [0.15, 0.2) is 9.84 Å². The summed E-state index contributed by atoms with van der Waals surface area (Å²) in [6.45, 7) is 0.849. The van der Waals surface area contributed by atoms with E-state index < -0.39 is 19.9 Å². The maximum absolute atomic E-state index is 11.9. The van der Waals surface area contributed by atoms with Crippen LogP contribution in [0.4, 0.5) is 11.4 Å². The summed E-state index contributed by atoms with van der Waals surface area (Å²) in [6.07, 6.45) is 0.505. The second-order valence-corrected chi connectivity index (χ2v) is 9.11. The van der Waals surface area contributed by atoms with Crippen LogP contribution < -0.4 is 15.4 Å². The Balaban J connectivity index is 2.37. The molecule has 0 amide bonds. The van der Waals surface area contributed by atoms with Crippen LogP contribution in [0.2, 0.25) is 0 Å². The molecule has 3 N–H and O–H groups in total. The smallest absolute Gasteiger partial charge is 0.240 e. The van der Waals surface area contributed by atoms with Gasteiger partial charge in [0.2, 0.25) is 10.0 Å². The van der Waals surface area contributed by atoms with Gasteiger partial charge < -0.3 is 10.6 Å². The van der Waals surface area contributed by atoms with Crippen LogP contribution in [0.1, 0.15) is 6.42 Å². The number of nitrogens with two attached hydrogens (primary N) is 1. The molecule has 0 aromatic heterocycles. The molecule has 9 heteroatoms. The molecule has 1 heterocycles. The first-order valence-electron chi connectivity index (χ1n) is 6.54. The summed E-state index contributed by atoms with van der Waals surface area (Å²) in [5.41, 5.74) is 6.91. The molecule has 0 saturated carbocycles. The van der Waals surface area contributed by atoms with Crippen molar-refractivity contribution < 1.29 is 16.8 Å². The number of sulfonamides is 1. The van der Waals surface area contributed by atoms with Gasteiger partial charge in [-0.25, -0.2) is 21.6 Å². The number of nitrogen functional groups attached to an aromatic ring is 1. The van der Waals surface area contributed by atoms with Gasteiger partial charge >= 0.3 is 0 Å². The van der Waals surface area contributed by atoms with Crippen LogP contribution in [0.3, 0.4) is 0 Å². The van der Waals surface area contributed by atoms with Crippen LogP contribution in [0, 0.1) is 0 Å². The van der Waals surface area contributed by atoms with E-state index in [4.69, 9.17) is 5.73 Å².